The average Bonchev–Trinajstić information content (AvgIpc) is 3.96. The number of aryl methyl sites for hydroxylation is 1. The molecule has 1 spiro atoms. The van der Waals surface area contributed by atoms with Crippen molar-refractivity contribution in [3.05, 3.63) is 66.5 Å². The number of likely N-dealkylation sites (tertiary alicyclic amines) is 1. The van der Waals surface area contributed by atoms with Gasteiger partial charge in [0.15, 0.2) is 0 Å². The maximum Gasteiger partial charge on any atom is 0.410 e. The summed E-state index contributed by atoms with van der Waals surface area (Å²) in [5, 5.41) is 8.41. The van der Waals surface area contributed by atoms with Crippen LogP contribution in [0.1, 0.15) is 58.4 Å². The minimum Gasteiger partial charge on any atom is -0.444 e. The molecule has 3 aliphatic rings. The van der Waals surface area contributed by atoms with Gasteiger partial charge in [0.1, 0.15) is 11.4 Å². The zero-order valence-corrected chi connectivity index (χ0v) is 26.8. The Bertz CT molecular complexity index is 1810. The van der Waals surface area contributed by atoms with E-state index in [1.807, 2.05) is 76.2 Å². The van der Waals surface area contributed by atoms with Gasteiger partial charge in [-0.2, -0.15) is 0 Å². The van der Waals surface area contributed by atoms with E-state index in [4.69, 9.17) is 14.5 Å². The predicted molar refractivity (Wildman–Crippen MR) is 177 cm³/mol. The van der Waals surface area contributed by atoms with Gasteiger partial charge < -0.3 is 25.0 Å². The summed E-state index contributed by atoms with van der Waals surface area (Å²) < 4.78 is 12.2. The second-order valence-electron chi connectivity index (χ2n) is 13.9. The molecule has 0 radical (unpaired) electrons. The van der Waals surface area contributed by atoms with Crippen molar-refractivity contribution in [2.75, 3.05) is 23.7 Å². The Morgan fingerprint density at radius 2 is 1.85 bits per heavy atom. The summed E-state index contributed by atoms with van der Waals surface area (Å²) in [7, 11) is 0. The molecule has 3 fully saturated rings. The number of nitrogens with one attached hydrogen (secondary N) is 2. The van der Waals surface area contributed by atoms with Crippen LogP contribution in [0, 0.1) is 18.3 Å². The molecule has 2 aromatic heterocycles. The summed E-state index contributed by atoms with van der Waals surface area (Å²) in [5.74, 6) is 1.80. The number of fused-ring (bicyclic) bond motifs is 1. The van der Waals surface area contributed by atoms with Crippen molar-refractivity contribution in [3.8, 4) is 22.9 Å². The first-order valence-corrected chi connectivity index (χ1v) is 16.1. The summed E-state index contributed by atoms with van der Waals surface area (Å²) in [6, 6.07) is 15.5. The smallest absolute Gasteiger partial charge is 0.410 e. The number of ether oxygens (including phenoxy) is 2. The molecule has 2 amide bonds. The highest BCUT2D eigenvalue weighted by molar-refractivity contribution is 6.06. The lowest BCUT2D eigenvalue weighted by Gasteiger charge is -2.34. The van der Waals surface area contributed by atoms with Gasteiger partial charge >= 0.3 is 6.09 Å². The van der Waals surface area contributed by atoms with E-state index in [0.29, 0.717) is 41.8 Å². The quantitative estimate of drug-likeness (QED) is 0.220. The first kappa shape index (κ1) is 30.0. The number of nitrogens with zero attached hydrogens (tertiary/aromatic N) is 4. The highest BCUT2D eigenvalue weighted by Gasteiger charge is 2.65. The van der Waals surface area contributed by atoms with Crippen LogP contribution in [0.15, 0.2) is 60.9 Å². The van der Waals surface area contributed by atoms with Crippen LogP contribution in [0.2, 0.25) is 0 Å². The number of hydrogen-bond donors (Lipinski definition) is 2. The lowest BCUT2D eigenvalue weighted by atomic mass is 10.0. The number of benzene rings is 2. The molecule has 10 heteroatoms. The van der Waals surface area contributed by atoms with Gasteiger partial charge in [-0.1, -0.05) is 24.3 Å². The topological polar surface area (TPSA) is 119 Å². The van der Waals surface area contributed by atoms with Crippen molar-refractivity contribution in [2.45, 2.75) is 71.4 Å². The van der Waals surface area contributed by atoms with Crippen molar-refractivity contribution in [1.29, 1.82) is 0 Å². The molecule has 238 valence electrons. The number of piperidine rings is 1. The van der Waals surface area contributed by atoms with Crippen molar-refractivity contribution in [3.63, 3.8) is 0 Å². The number of amides is 2. The van der Waals surface area contributed by atoms with Gasteiger partial charge in [0.25, 0.3) is 0 Å². The molecule has 2 aliphatic carbocycles. The minimum absolute atomic E-state index is 0.0103. The highest BCUT2D eigenvalue weighted by atomic mass is 16.6. The van der Waals surface area contributed by atoms with Crippen LogP contribution >= 0.6 is 0 Å². The van der Waals surface area contributed by atoms with E-state index in [2.05, 4.69) is 20.6 Å². The molecule has 0 bridgehead atoms. The molecule has 2 saturated carbocycles. The van der Waals surface area contributed by atoms with E-state index in [0.717, 1.165) is 46.8 Å². The third-order valence-electron chi connectivity index (χ3n) is 9.17. The largest absolute Gasteiger partial charge is 0.444 e. The first-order valence-electron chi connectivity index (χ1n) is 16.1. The van der Waals surface area contributed by atoms with Crippen LogP contribution in [0.25, 0.3) is 22.0 Å². The summed E-state index contributed by atoms with van der Waals surface area (Å²) in [6.45, 7) is 8.78. The van der Waals surface area contributed by atoms with Gasteiger partial charge in [-0.15, -0.1) is 0 Å². The Morgan fingerprint density at radius 1 is 1.00 bits per heavy atom. The maximum atomic E-state index is 13.0. The summed E-state index contributed by atoms with van der Waals surface area (Å²) in [6.07, 6.45) is 8.18. The van der Waals surface area contributed by atoms with E-state index in [1.54, 1.807) is 17.3 Å². The van der Waals surface area contributed by atoms with Gasteiger partial charge in [-0.3, -0.25) is 4.79 Å². The molecule has 3 heterocycles. The van der Waals surface area contributed by atoms with Crippen LogP contribution in [0.3, 0.4) is 0 Å². The van der Waals surface area contributed by atoms with E-state index in [9.17, 15) is 9.59 Å². The summed E-state index contributed by atoms with van der Waals surface area (Å²) in [5.41, 5.74) is 2.86. The van der Waals surface area contributed by atoms with Crippen molar-refractivity contribution in [2.24, 2.45) is 11.3 Å². The van der Waals surface area contributed by atoms with E-state index < -0.39 is 5.60 Å². The highest BCUT2D eigenvalue weighted by Crippen LogP contribution is 2.70. The SMILES string of the molecule is Cc1ccc2c(NC(=O)[C@H]3CC34CC4)cccc2c1Oc1ncccc1-c1ccnc(NC2CCCN(C(=O)OC(C)(C)C)C2)n1. The van der Waals surface area contributed by atoms with Crippen LogP contribution in [0.5, 0.6) is 11.6 Å². The molecule has 2 N–H and O–H groups in total. The van der Waals surface area contributed by atoms with Crippen LogP contribution < -0.4 is 15.4 Å². The van der Waals surface area contributed by atoms with Crippen LogP contribution in [0.4, 0.5) is 16.4 Å². The molecular weight excluding hydrogens is 580 g/mol. The first-order chi connectivity index (χ1) is 22.1. The van der Waals surface area contributed by atoms with Crippen molar-refractivity contribution in [1.82, 2.24) is 19.9 Å². The third kappa shape index (κ3) is 6.21. The zero-order valence-electron chi connectivity index (χ0n) is 26.8. The molecule has 4 aromatic rings. The predicted octanol–water partition coefficient (Wildman–Crippen LogP) is 7.34. The lowest BCUT2D eigenvalue weighted by Crippen LogP contribution is -2.47. The molecule has 2 atom stereocenters. The number of rotatable bonds is 7. The van der Waals surface area contributed by atoms with Gasteiger partial charge in [0, 0.05) is 53.9 Å². The maximum absolute atomic E-state index is 13.0. The fourth-order valence-corrected chi connectivity index (χ4v) is 6.45. The second-order valence-corrected chi connectivity index (χ2v) is 13.9. The Balaban J connectivity index is 1.11. The molecule has 10 nitrogen and oxygen atoms in total. The number of anilines is 2. The minimum atomic E-state index is -0.545. The molecule has 2 aromatic carbocycles. The standard InChI is InChI=1S/C36H40N6O4/c1-22-12-13-24-25(9-5-11-28(24)40-31(43)27-20-36(27)15-16-36)30(22)45-32-26(10-6-17-37-32)29-14-18-38-33(41-29)39-23-8-7-19-42(21-23)34(44)46-35(2,3)4/h5-6,9-14,17-18,23,27H,7-8,15-16,19-21H2,1-4H3,(H,40,43)(H,38,39,41)/t23?,27-/m1/s1. The molecule has 7 rings (SSSR count). The molecule has 1 unspecified atom stereocenters. The fraction of sp³-hybridized carbons (Fsp3) is 0.417. The Morgan fingerprint density at radius 3 is 2.63 bits per heavy atom. The zero-order chi connectivity index (χ0) is 32.1. The molecule has 1 aliphatic heterocycles. The van der Waals surface area contributed by atoms with Gasteiger partial charge in [-0.05, 0) is 95.0 Å². The summed E-state index contributed by atoms with van der Waals surface area (Å²) >= 11 is 0. The van der Waals surface area contributed by atoms with Crippen LogP contribution in [-0.2, 0) is 9.53 Å². The van der Waals surface area contributed by atoms with Crippen LogP contribution in [-0.4, -0.2) is 56.6 Å². The van der Waals surface area contributed by atoms with E-state index >= 15 is 0 Å². The Hall–Kier alpha value is -4.73. The number of pyridine rings is 1. The fourth-order valence-electron chi connectivity index (χ4n) is 6.45. The number of hydrogen-bond acceptors (Lipinski definition) is 8. The van der Waals surface area contributed by atoms with E-state index in [-0.39, 0.29) is 24.0 Å². The number of carbonyl (C=O) groups excluding carboxylic acids is 2. The number of aromatic nitrogens is 3. The molecule has 46 heavy (non-hydrogen) atoms. The van der Waals surface area contributed by atoms with E-state index in [1.165, 1.54) is 12.8 Å². The number of carbonyl (C=O) groups is 2. The molecule has 1 saturated heterocycles. The lowest BCUT2D eigenvalue weighted by molar-refractivity contribution is -0.117. The van der Waals surface area contributed by atoms with Gasteiger partial charge in [-0.25, -0.2) is 19.7 Å². The third-order valence-corrected chi connectivity index (χ3v) is 9.17. The van der Waals surface area contributed by atoms with Gasteiger partial charge in [0.05, 0.1) is 11.3 Å². The normalized spacial score (nSPS) is 19.9. The average molecular weight is 621 g/mol. The van der Waals surface area contributed by atoms with Crippen molar-refractivity contribution < 1.29 is 19.1 Å². The summed E-state index contributed by atoms with van der Waals surface area (Å²) in [4.78, 5) is 41.3. The monoisotopic (exact) mass is 620 g/mol. The Labute approximate surface area is 268 Å². The molecular formula is C36H40N6O4. The van der Waals surface area contributed by atoms with Crippen molar-refractivity contribution >= 4 is 34.4 Å². The Kier molecular flexibility index (Phi) is 7.53. The second kappa shape index (κ2) is 11.6. The van der Waals surface area contributed by atoms with Gasteiger partial charge in [0.2, 0.25) is 17.7 Å².